The quantitative estimate of drug-likeness (QED) is 0.823. The predicted octanol–water partition coefficient (Wildman–Crippen LogP) is 0.654. The zero-order valence-electron chi connectivity index (χ0n) is 10.1. The van der Waals surface area contributed by atoms with Crippen molar-refractivity contribution in [2.45, 2.75) is 18.6 Å². The Hall–Kier alpha value is -2.21. The van der Waals surface area contributed by atoms with E-state index in [1.54, 1.807) is 11.1 Å². The highest BCUT2D eigenvalue weighted by Gasteiger charge is 2.37. The number of aliphatic carboxylic acids is 1. The van der Waals surface area contributed by atoms with E-state index >= 15 is 0 Å². The molecule has 1 aliphatic heterocycles. The highest BCUT2D eigenvalue weighted by atomic mass is 16.4. The van der Waals surface area contributed by atoms with Crippen LogP contribution in [0.1, 0.15) is 6.42 Å². The summed E-state index contributed by atoms with van der Waals surface area (Å²) in [6.07, 6.45) is 1.20. The molecule has 2 N–H and O–H groups in total. The van der Waals surface area contributed by atoms with Crippen LogP contribution in [0.2, 0.25) is 0 Å². The number of aromatic nitrogens is 2. The number of hydrogen-bond acceptors (Lipinski definition) is 5. The molecule has 1 aromatic heterocycles. The van der Waals surface area contributed by atoms with Gasteiger partial charge in [-0.3, -0.25) is 0 Å². The molecule has 0 amide bonds. The third-order valence-electron chi connectivity index (χ3n) is 3.39. The van der Waals surface area contributed by atoms with Gasteiger partial charge in [0.1, 0.15) is 6.04 Å². The minimum atomic E-state index is -0.953. The number of carboxylic acids is 1. The Balaban J connectivity index is 2.11. The first-order chi connectivity index (χ1) is 9.16. The van der Waals surface area contributed by atoms with E-state index in [1.165, 1.54) is 0 Å². The van der Waals surface area contributed by atoms with Crippen LogP contribution < -0.4 is 4.90 Å². The molecule has 0 radical (unpaired) electrons. The van der Waals surface area contributed by atoms with Crippen LogP contribution >= 0.6 is 0 Å². The third kappa shape index (κ3) is 2.00. The van der Waals surface area contributed by atoms with Crippen LogP contribution in [-0.2, 0) is 4.79 Å². The summed E-state index contributed by atoms with van der Waals surface area (Å²) in [5, 5.41) is 28.6. The molecule has 2 aromatic rings. The van der Waals surface area contributed by atoms with Crippen molar-refractivity contribution in [1.82, 2.24) is 10.2 Å². The minimum Gasteiger partial charge on any atom is -0.480 e. The molecule has 1 fully saturated rings. The fourth-order valence-electron chi connectivity index (χ4n) is 2.51. The van der Waals surface area contributed by atoms with Gasteiger partial charge in [0.15, 0.2) is 5.82 Å². The Morgan fingerprint density at radius 1 is 1.37 bits per heavy atom. The molecule has 0 bridgehead atoms. The summed E-state index contributed by atoms with van der Waals surface area (Å²) in [4.78, 5) is 12.9. The lowest BCUT2D eigenvalue weighted by molar-refractivity contribution is -0.138. The van der Waals surface area contributed by atoms with Crippen LogP contribution in [-0.4, -0.2) is 45.1 Å². The second-order valence-corrected chi connectivity index (χ2v) is 4.65. The van der Waals surface area contributed by atoms with E-state index in [-0.39, 0.29) is 13.0 Å². The van der Waals surface area contributed by atoms with Gasteiger partial charge < -0.3 is 15.1 Å². The number of nitrogens with zero attached hydrogens (tertiary/aromatic N) is 3. The van der Waals surface area contributed by atoms with Crippen molar-refractivity contribution in [3.8, 4) is 0 Å². The van der Waals surface area contributed by atoms with Crippen molar-refractivity contribution in [1.29, 1.82) is 0 Å². The Bertz CT molecular complexity index is 626. The van der Waals surface area contributed by atoms with E-state index < -0.39 is 18.1 Å². The van der Waals surface area contributed by atoms with Gasteiger partial charge in [-0.25, -0.2) is 4.79 Å². The maximum Gasteiger partial charge on any atom is 0.326 e. The SMILES string of the molecule is O=C(O)C1CC(O)CN1c1nncc2ccccc12. The summed E-state index contributed by atoms with van der Waals surface area (Å²) in [5.74, 6) is -0.437. The Morgan fingerprint density at radius 2 is 2.16 bits per heavy atom. The van der Waals surface area contributed by atoms with E-state index in [9.17, 15) is 15.0 Å². The van der Waals surface area contributed by atoms with Crippen molar-refractivity contribution in [2.75, 3.05) is 11.4 Å². The van der Waals surface area contributed by atoms with Gasteiger partial charge in [0.25, 0.3) is 0 Å². The number of aliphatic hydroxyl groups is 1. The standard InChI is InChI=1S/C13H13N3O3/c17-9-5-11(13(18)19)16(7-9)12-10-4-2-1-3-8(10)6-14-15-12/h1-4,6,9,11,17H,5,7H2,(H,18,19). The van der Waals surface area contributed by atoms with E-state index in [0.29, 0.717) is 5.82 Å². The van der Waals surface area contributed by atoms with E-state index in [4.69, 9.17) is 0 Å². The summed E-state index contributed by atoms with van der Waals surface area (Å²) in [6.45, 7) is 0.264. The first-order valence-corrected chi connectivity index (χ1v) is 6.05. The summed E-state index contributed by atoms with van der Waals surface area (Å²) in [6, 6.07) is 6.78. The predicted molar refractivity (Wildman–Crippen MR) is 68.9 cm³/mol. The topological polar surface area (TPSA) is 86.5 Å². The lowest BCUT2D eigenvalue weighted by atomic mass is 10.1. The van der Waals surface area contributed by atoms with Crippen molar-refractivity contribution >= 4 is 22.6 Å². The molecule has 0 saturated carbocycles. The summed E-state index contributed by atoms with van der Waals surface area (Å²) in [5.41, 5.74) is 0. The van der Waals surface area contributed by atoms with Crippen LogP contribution in [0.5, 0.6) is 0 Å². The van der Waals surface area contributed by atoms with Gasteiger partial charge in [0.05, 0.1) is 12.3 Å². The zero-order valence-corrected chi connectivity index (χ0v) is 10.1. The number of rotatable bonds is 2. The number of benzene rings is 1. The highest BCUT2D eigenvalue weighted by molar-refractivity contribution is 5.93. The Labute approximate surface area is 109 Å². The van der Waals surface area contributed by atoms with Crippen molar-refractivity contribution in [3.05, 3.63) is 30.5 Å². The largest absolute Gasteiger partial charge is 0.480 e. The molecule has 19 heavy (non-hydrogen) atoms. The van der Waals surface area contributed by atoms with E-state index in [2.05, 4.69) is 10.2 Å². The van der Waals surface area contributed by atoms with Crippen molar-refractivity contribution < 1.29 is 15.0 Å². The molecule has 1 saturated heterocycles. The van der Waals surface area contributed by atoms with Crippen LogP contribution in [0, 0.1) is 0 Å². The normalized spacial score (nSPS) is 22.9. The monoisotopic (exact) mass is 259 g/mol. The molecule has 6 nitrogen and oxygen atoms in total. The van der Waals surface area contributed by atoms with Gasteiger partial charge in [-0.1, -0.05) is 24.3 Å². The summed E-state index contributed by atoms with van der Waals surface area (Å²) < 4.78 is 0. The van der Waals surface area contributed by atoms with E-state index in [0.717, 1.165) is 10.8 Å². The first kappa shape index (κ1) is 11.9. The lowest BCUT2D eigenvalue weighted by Crippen LogP contribution is -2.36. The van der Waals surface area contributed by atoms with Gasteiger partial charge >= 0.3 is 5.97 Å². The van der Waals surface area contributed by atoms with Gasteiger partial charge in [0, 0.05) is 23.7 Å². The summed E-state index contributed by atoms with van der Waals surface area (Å²) in [7, 11) is 0. The molecule has 0 spiro atoms. The zero-order chi connectivity index (χ0) is 13.4. The van der Waals surface area contributed by atoms with Crippen LogP contribution in [0.15, 0.2) is 30.5 Å². The molecule has 1 aromatic carbocycles. The first-order valence-electron chi connectivity index (χ1n) is 6.05. The average molecular weight is 259 g/mol. The number of aliphatic hydroxyl groups excluding tert-OH is 1. The molecule has 3 rings (SSSR count). The maximum atomic E-state index is 11.3. The number of carbonyl (C=O) groups is 1. The second-order valence-electron chi connectivity index (χ2n) is 4.65. The number of hydrogen-bond donors (Lipinski definition) is 2. The molecule has 98 valence electrons. The fourth-order valence-corrected chi connectivity index (χ4v) is 2.51. The Morgan fingerprint density at radius 3 is 2.95 bits per heavy atom. The number of fused-ring (bicyclic) bond motifs is 1. The van der Waals surface area contributed by atoms with Crippen molar-refractivity contribution in [3.63, 3.8) is 0 Å². The third-order valence-corrected chi connectivity index (χ3v) is 3.39. The van der Waals surface area contributed by atoms with Crippen molar-refractivity contribution in [2.24, 2.45) is 0 Å². The molecule has 0 aliphatic carbocycles. The van der Waals surface area contributed by atoms with Gasteiger partial charge in [0.2, 0.25) is 0 Å². The fraction of sp³-hybridized carbons (Fsp3) is 0.308. The minimum absolute atomic E-state index is 0.209. The molecule has 2 unspecified atom stereocenters. The number of carboxylic acid groups (broad SMARTS) is 1. The highest BCUT2D eigenvalue weighted by Crippen LogP contribution is 2.29. The van der Waals surface area contributed by atoms with E-state index in [1.807, 2.05) is 24.3 Å². The van der Waals surface area contributed by atoms with Gasteiger partial charge in [-0.15, -0.1) is 5.10 Å². The van der Waals surface area contributed by atoms with Crippen LogP contribution in [0.3, 0.4) is 0 Å². The molecule has 1 aliphatic rings. The molecule has 6 heteroatoms. The van der Waals surface area contributed by atoms with Crippen LogP contribution in [0.25, 0.3) is 10.8 Å². The van der Waals surface area contributed by atoms with Gasteiger partial charge in [-0.2, -0.15) is 5.10 Å². The lowest BCUT2D eigenvalue weighted by Gasteiger charge is -2.22. The molecular formula is C13H13N3O3. The summed E-state index contributed by atoms with van der Waals surface area (Å²) >= 11 is 0. The molecule has 2 atom stereocenters. The number of anilines is 1. The molecular weight excluding hydrogens is 246 g/mol. The Kier molecular flexibility index (Phi) is 2.79. The van der Waals surface area contributed by atoms with Gasteiger partial charge in [-0.05, 0) is 0 Å². The molecule has 2 heterocycles. The van der Waals surface area contributed by atoms with Crippen LogP contribution in [0.4, 0.5) is 5.82 Å². The number of β-amino-alcohol motifs (C(OH)–C–C–N with tert-alkyl or cyclic N) is 1. The smallest absolute Gasteiger partial charge is 0.326 e. The maximum absolute atomic E-state index is 11.3. The average Bonchev–Trinajstić information content (AvgIpc) is 2.80. The second kappa shape index (κ2) is 4.47.